The lowest BCUT2D eigenvalue weighted by atomic mass is 10.0. The summed E-state index contributed by atoms with van der Waals surface area (Å²) in [4.78, 5) is 19.8. The van der Waals surface area contributed by atoms with Gasteiger partial charge in [0.05, 0.1) is 11.9 Å². The van der Waals surface area contributed by atoms with Gasteiger partial charge in [0, 0.05) is 49.0 Å². The predicted molar refractivity (Wildman–Crippen MR) is 123 cm³/mol. The molecule has 4 rings (SSSR count). The smallest absolute Gasteiger partial charge is 0.273 e. The molecule has 1 aliphatic heterocycles. The number of piperidine rings is 1. The second-order valence-corrected chi connectivity index (χ2v) is 10.3. The largest absolute Gasteiger partial charge is 0.330 e. The van der Waals surface area contributed by atoms with E-state index in [9.17, 15) is 13.2 Å². The van der Waals surface area contributed by atoms with Crippen molar-refractivity contribution >= 4 is 26.7 Å². The quantitative estimate of drug-likeness (QED) is 0.562. The average molecular weight is 456 g/mol. The molecule has 1 amide bonds. The number of fused-ring (bicyclic) bond motifs is 1. The van der Waals surface area contributed by atoms with Crippen LogP contribution in [-0.2, 0) is 16.6 Å². The fraction of sp³-hybridized carbons (Fsp3) is 0.435. The van der Waals surface area contributed by atoms with Crippen molar-refractivity contribution in [1.82, 2.24) is 24.4 Å². The number of rotatable bonds is 8. The molecule has 0 bridgehead atoms. The third-order valence-corrected chi connectivity index (χ3v) is 7.99. The molecule has 9 heteroatoms. The zero-order valence-electron chi connectivity index (χ0n) is 18.3. The number of amides is 1. The van der Waals surface area contributed by atoms with Crippen molar-refractivity contribution in [2.75, 3.05) is 18.8 Å². The first kappa shape index (κ1) is 22.4. The Morgan fingerprint density at radius 1 is 1.19 bits per heavy atom. The number of aromatic amines is 1. The van der Waals surface area contributed by atoms with Crippen LogP contribution in [0.25, 0.3) is 10.8 Å². The van der Waals surface area contributed by atoms with Gasteiger partial charge in [0.2, 0.25) is 10.0 Å². The summed E-state index contributed by atoms with van der Waals surface area (Å²) < 4.78 is 26.7. The van der Waals surface area contributed by atoms with E-state index in [0.717, 1.165) is 22.8 Å². The van der Waals surface area contributed by atoms with Gasteiger partial charge in [-0.2, -0.15) is 5.10 Å². The van der Waals surface area contributed by atoms with Crippen molar-refractivity contribution in [3.05, 3.63) is 60.2 Å². The Morgan fingerprint density at radius 3 is 2.62 bits per heavy atom. The maximum absolute atomic E-state index is 13.5. The van der Waals surface area contributed by atoms with E-state index in [1.807, 2.05) is 42.2 Å². The Kier molecular flexibility index (Phi) is 6.86. The molecule has 2 aromatic heterocycles. The first-order valence-corrected chi connectivity index (χ1v) is 12.7. The van der Waals surface area contributed by atoms with E-state index in [2.05, 4.69) is 15.2 Å². The minimum atomic E-state index is -3.24. The van der Waals surface area contributed by atoms with Crippen LogP contribution in [0.5, 0.6) is 0 Å². The molecular weight excluding hydrogens is 426 g/mol. The molecule has 3 aromatic rings. The highest BCUT2D eigenvalue weighted by Gasteiger charge is 2.33. The maximum atomic E-state index is 13.5. The van der Waals surface area contributed by atoms with Crippen molar-refractivity contribution in [2.24, 2.45) is 0 Å². The second-order valence-electron chi connectivity index (χ2n) is 8.26. The molecule has 0 radical (unpaired) electrons. The number of H-pyrrole nitrogens is 1. The van der Waals surface area contributed by atoms with E-state index in [1.54, 1.807) is 22.9 Å². The first-order chi connectivity index (χ1) is 15.5. The molecule has 0 spiro atoms. The van der Waals surface area contributed by atoms with Gasteiger partial charge in [-0.1, -0.05) is 37.6 Å². The molecule has 3 heterocycles. The van der Waals surface area contributed by atoms with Crippen molar-refractivity contribution in [3.63, 3.8) is 0 Å². The third kappa shape index (κ3) is 4.99. The first-order valence-electron chi connectivity index (χ1n) is 11.1. The summed E-state index contributed by atoms with van der Waals surface area (Å²) in [6, 6.07) is 9.57. The molecule has 8 nitrogen and oxygen atoms in total. The maximum Gasteiger partial charge on any atom is 0.273 e. The molecule has 1 N–H and O–H groups in total. The summed E-state index contributed by atoms with van der Waals surface area (Å²) in [5.74, 6) is 0.0385. The van der Waals surface area contributed by atoms with Crippen LogP contribution in [-0.4, -0.2) is 63.6 Å². The minimum absolute atomic E-state index is 0.0664. The van der Waals surface area contributed by atoms with Gasteiger partial charge >= 0.3 is 0 Å². The third-order valence-electron chi connectivity index (χ3n) is 6.03. The number of hydrogen-bond acceptors (Lipinski definition) is 5. The van der Waals surface area contributed by atoms with Gasteiger partial charge in [-0.3, -0.25) is 14.9 Å². The van der Waals surface area contributed by atoms with Crippen LogP contribution in [0.15, 0.2) is 48.9 Å². The van der Waals surface area contributed by atoms with E-state index < -0.39 is 10.0 Å². The van der Waals surface area contributed by atoms with Crippen LogP contribution in [0, 0.1) is 0 Å². The zero-order valence-corrected chi connectivity index (χ0v) is 19.1. The number of carbonyl (C=O) groups excluding carboxylic acids is 1. The van der Waals surface area contributed by atoms with E-state index in [1.165, 1.54) is 0 Å². The molecule has 32 heavy (non-hydrogen) atoms. The molecular formula is C23H29N5O3S. The van der Waals surface area contributed by atoms with Crippen LogP contribution < -0.4 is 0 Å². The Labute approximate surface area is 188 Å². The van der Waals surface area contributed by atoms with Gasteiger partial charge in [-0.25, -0.2) is 12.7 Å². The highest BCUT2D eigenvalue weighted by Crippen LogP contribution is 2.24. The minimum Gasteiger partial charge on any atom is -0.330 e. The second kappa shape index (κ2) is 9.79. The molecule has 0 unspecified atom stereocenters. The number of hydrogen-bond donors (Lipinski definition) is 1. The standard InChI is InChI=1S/C23H29N5O3S/c1-2-3-12-32(30,31)27-10-8-21(9-11-27)28(17-18-14-25-26-15-18)23(29)22-13-19-6-4-5-7-20(19)16-24-22/h4-7,13-16,21H,2-3,8-12,17H2,1H3,(H,25,26). The Bertz CT molecular complexity index is 1160. The molecule has 170 valence electrons. The van der Waals surface area contributed by atoms with E-state index in [-0.39, 0.29) is 17.7 Å². The molecule has 1 aromatic carbocycles. The fourth-order valence-corrected chi connectivity index (χ4v) is 5.84. The lowest BCUT2D eigenvalue weighted by Crippen LogP contribution is -2.49. The molecule has 1 fully saturated rings. The van der Waals surface area contributed by atoms with E-state index in [4.69, 9.17) is 0 Å². The van der Waals surface area contributed by atoms with Gasteiger partial charge < -0.3 is 4.90 Å². The highest BCUT2D eigenvalue weighted by molar-refractivity contribution is 7.89. The summed E-state index contributed by atoms with van der Waals surface area (Å²) in [6.07, 6.45) is 7.92. The van der Waals surface area contributed by atoms with Crippen LogP contribution >= 0.6 is 0 Å². The van der Waals surface area contributed by atoms with Gasteiger partial charge in [-0.15, -0.1) is 0 Å². The fourth-order valence-electron chi connectivity index (χ4n) is 4.16. The van der Waals surface area contributed by atoms with Crippen LogP contribution in [0.3, 0.4) is 0 Å². The number of sulfonamides is 1. The van der Waals surface area contributed by atoms with Crippen LogP contribution in [0.4, 0.5) is 0 Å². The van der Waals surface area contributed by atoms with E-state index in [0.29, 0.717) is 44.6 Å². The summed E-state index contributed by atoms with van der Waals surface area (Å²) in [6.45, 7) is 3.24. The lowest BCUT2D eigenvalue weighted by Gasteiger charge is -2.38. The molecule has 0 saturated carbocycles. The summed E-state index contributed by atoms with van der Waals surface area (Å²) in [5.41, 5.74) is 1.29. The Hall–Kier alpha value is -2.78. The van der Waals surface area contributed by atoms with Crippen molar-refractivity contribution in [3.8, 4) is 0 Å². The normalized spacial score (nSPS) is 15.8. The SMILES string of the molecule is CCCCS(=O)(=O)N1CCC(N(Cc2cn[nH]c2)C(=O)c2cc3ccccc3cn2)CC1. The van der Waals surface area contributed by atoms with Crippen LogP contribution in [0.2, 0.25) is 0 Å². The summed E-state index contributed by atoms with van der Waals surface area (Å²) >= 11 is 0. The number of benzene rings is 1. The molecule has 1 saturated heterocycles. The number of unbranched alkanes of at least 4 members (excludes halogenated alkanes) is 1. The average Bonchev–Trinajstić information content (AvgIpc) is 3.34. The summed E-state index contributed by atoms with van der Waals surface area (Å²) in [7, 11) is -3.24. The predicted octanol–water partition coefficient (Wildman–Crippen LogP) is 3.19. The number of pyridine rings is 1. The van der Waals surface area contributed by atoms with Gasteiger partial charge in [0.25, 0.3) is 5.91 Å². The lowest BCUT2D eigenvalue weighted by molar-refractivity contribution is 0.0591. The van der Waals surface area contributed by atoms with E-state index >= 15 is 0 Å². The number of carbonyl (C=O) groups is 1. The van der Waals surface area contributed by atoms with Crippen molar-refractivity contribution in [1.29, 1.82) is 0 Å². The Morgan fingerprint density at radius 2 is 1.94 bits per heavy atom. The van der Waals surface area contributed by atoms with Crippen LogP contribution in [0.1, 0.15) is 48.7 Å². The molecule has 0 aliphatic carbocycles. The Balaban J connectivity index is 1.54. The highest BCUT2D eigenvalue weighted by atomic mass is 32.2. The monoisotopic (exact) mass is 455 g/mol. The number of nitrogens with one attached hydrogen (secondary N) is 1. The number of aromatic nitrogens is 3. The topological polar surface area (TPSA) is 99.3 Å². The molecule has 0 atom stereocenters. The van der Waals surface area contributed by atoms with Crippen molar-refractivity contribution < 1.29 is 13.2 Å². The van der Waals surface area contributed by atoms with Gasteiger partial charge in [-0.05, 0) is 30.7 Å². The van der Waals surface area contributed by atoms with Gasteiger partial charge in [0.15, 0.2) is 0 Å². The van der Waals surface area contributed by atoms with Crippen molar-refractivity contribution in [2.45, 2.75) is 45.2 Å². The molecule has 1 aliphatic rings. The zero-order chi connectivity index (χ0) is 22.6. The summed E-state index contributed by atoms with van der Waals surface area (Å²) in [5, 5.41) is 8.74. The van der Waals surface area contributed by atoms with Gasteiger partial charge in [0.1, 0.15) is 5.69 Å². The number of nitrogens with zero attached hydrogens (tertiary/aromatic N) is 4.